The van der Waals surface area contributed by atoms with E-state index in [2.05, 4.69) is 43.2 Å². The maximum absolute atomic E-state index is 5.87. The van der Waals surface area contributed by atoms with Gasteiger partial charge in [-0.25, -0.2) is 0 Å². The number of hydrogen-bond acceptors (Lipinski definition) is 5. The number of nitrogens with one attached hydrogen (secondary N) is 1. The second-order valence-electron chi connectivity index (χ2n) is 5.07. The van der Waals surface area contributed by atoms with E-state index in [1.165, 1.54) is 0 Å². The molecule has 0 spiro atoms. The minimum Gasteiger partial charge on any atom is -0.375 e. The van der Waals surface area contributed by atoms with Gasteiger partial charge < -0.3 is 10.1 Å². The number of ether oxygens (including phenoxy) is 1. The molecule has 5 heteroatoms. The summed E-state index contributed by atoms with van der Waals surface area (Å²) < 4.78 is 5.87. The zero-order valence-electron chi connectivity index (χ0n) is 11.6. The van der Waals surface area contributed by atoms with Crippen LogP contribution in [0.1, 0.15) is 43.6 Å². The molecule has 0 saturated carbocycles. The lowest BCUT2D eigenvalue weighted by Crippen LogP contribution is -2.15. The molecule has 0 bridgehead atoms. The molecule has 1 N–H and O–H groups in total. The number of nitrogens with zero attached hydrogens (tertiary/aromatic N) is 2. The first-order valence-corrected chi connectivity index (χ1v) is 7.63. The van der Waals surface area contributed by atoms with Crippen LogP contribution in [0, 0.1) is 5.92 Å². The summed E-state index contributed by atoms with van der Waals surface area (Å²) >= 11 is 1.75. The molecule has 1 saturated heterocycles. The molecule has 2 rings (SSSR count). The topological polar surface area (TPSA) is 47.0 Å². The van der Waals surface area contributed by atoms with Crippen molar-refractivity contribution in [2.24, 2.45) is 5.92 Å². The minimum atomic E-state index is 0.254. The van der Waals surface area contributed by atoms with E-state index in [9.17, 15) is 0 Å². The molecule has 1 aliphatic heterocycles. The highest BCUT2D eigenvalue weighted by molar-refractivity contribution is 7.11. The van der Waals surface area contributed by atoms with Crippen molar-refractivity contribution in [2.75, 3.05) is 13.1 Å². The lowest BCUT2D eigenvalue weighted by Gasteiger charge is -2.14. The van der Waals surface area contributed by atoms with Gasteiger partial charge in [0.25, 0.3) is 0 Å². The number of hydrogen-bond donors (Lipinski definition) is 1. The average Bonchev–Trinajstić information content (AvgIpc) is 2.86. The Morgan fingerprint density at radius 1 is 1.22 bits per heavy atom. The van der Waals surface area contributed by atoms with Crippen molar-refractivity contribution in [3.05, 3.63) is 10.0 Å². The molecule has 1 aromatic heterocycles. The first-order chi connectivity index (χ1) is 8.63. The van der Waals surface area contributed by atoms with E-state index < -0.39 is 0 Å². The van der Waals surface area contributed by atoms with Crippen molar-refractivity contribution >= 4 is 11.3 Å². The van der Waals surface area contributed by atoms with Crippen LogP contribution in [-0.2, 0) is 11.2 Å². The van der Waals surface area contributed by atoms with Gasteiger partial charge in [0.15, 0.2) is 0 Å². The molecule has 0 amide bonds. The highest BCUT2D eigenvalue weighted by Gasteiger charge is 2.39. The molecule has 1 aliphatic rings. The lowest BCUT2D eigenvalue weighted by atomic mass is 9.90. The first kappa shape index (κ1) is 13.9. The van der Waals surface area contributed by atoms with Gasteiger partial charge in [-0.3, -0.25) is 0 Å². The van der Waals surface area contributed by atoms with E-state index >= 15 is 0 Å². The summed E-state index contributed by atoms with van der Waals surface area (Å²) in [5.74, 6) is 0.931. The lowest BCUT2D eigenvalue weighted by molar-refractivity contribution is 0.0556. The Kier molecular flexibility index (Phi) is 4.70. The predicted molar refractivity (Wildman–Crippen MR) is 74.1 cm³/mol. The van der Waals surface area contributed by atoms with Crippen LogP contribution >= 0.6 is 11.3 Å². The summed E-state index contributed by atoms with van der Waals surface area (Å²) in [6, 6.07) is 0. The van der Waals surface area contributed by atoms with Gasteiger partial charge in [0.1, 0.15) is 10.0 Å². The molecule has 4 atom stereocenters. The molecule has 0 aliphatic carbocycles. The van der Waals surface area contributed by atoms with Gasteiger partial charge in [0, 0.05) is 18.9 Å². The van der Waals surface area contributed by atoms with Crippen LogP contribution < -0.4 is 5.32 Å². The minimum absolute atomic E-state index is 0.254. The Morgan fingerprint density at radius 2 is 2.00 bits per heavy atom. The van der Waals surface area contributed by atoms with E-state index in [0.717, 1.165) is 29.5 Å². The van der Waals surface area contributed by atoms with Gasteiger partial charge in [-0.1, -0.05) is 13.8 Å². The van der Waals surface area contributed by atoms with Crippen molar-refractivity contribution < 1.29 is 4.74 Å². The molecular weight excluding hydrogens is 246 g/mol. The predicted octanol–water partition coefficient (Wildman–Crippen LogP) is 2.22. The molecular formula is C13H23N3OS. The van der Waals surface area contributed by atoms with Crippen LogP contribution in [0.2, 0.25) is 0 Å². The molecule has 102 valence electrons. The quantitative estimate of drug-likeness (QED) is 0.833. The third kappa shape index (κ3) is 2.90. The standard InChI is InChI=1S/C13H23N3OS/c1-5-14-7-6-11-15-16-13(18-11)12-8(2)9(3)17-10(12)4/h8-10,12,14H,5-7H2,1-4H3. The Bertz CT molecular complexity index is 382. The molecule has 18 heavy (non-hydrogen) atoms. The van der Waals surface area contributed by atoms with Crippen molar-refractivity contribution in [3.63, 3.8) is 0 Å². The summed E-state index contributed by atoms with van der Waals surface area (Å²) in [6.45, 7) is 10.6. The number of likely N-dealkylation sites (N-methyl/N-ethyl adjacent to an activating group) is 1. The number of aromatic nitrogens is 2. The van der Waals surface area contributed by atoms with Crippen LogP contribution in [0.15, 0.2) is 0 Å². The smallest absolute Gasteiger partial charge is 0.123 e. The Morgan fingerprint density at radius 3 is 2.61 bits per heavy atom. The van der Waals surface area contributed by atoms with E-state index in [0.29, 0.717) is 17.9 Å². The third-order valence-corrected chi connectivity index (χ3v) is 4.86. The summed E-state index contributed by atoms with van der Waals surface area (Å²) in [6.07, 6.45) is 1.54. The van der Waals surface area contributed by atoms with Crippen LogP contribution in [0.5, 0.6) is 0 Å². The van der Waals surface area contributed by atoms with Crippen molar-refractivity contribution in [3.8, 4) is 0 Å². The van der Waals surface area contributed by atoms with E-state index in [4.69, 9.17) is 4.74 Å². The van der Waals surface area contributed by atoms with Gasteiger partial charge in [-0.05, 0) is 26.3 Å². The fourth-order valence-electron chi connectivity index (χ4n) is 2.57. The van der Waals surface area contributed by atoms with Gasteiger partial charge >= 0.3 is 0 Å². The zero-order valence-corrected chi connectivity index (χ0v) is 12.5. The van der Waals surface area contributed by atoms with Crippen LogP contribution in [0.25, 0.3) is 0 Å². The molecule has 4 unspecified atom stereocenters. The highest BCUT2D eigenvalue weighted by atomic mass is 32.1. The SMILES string of the molecule is CCNCCc1nnc(C2C(C)OC(C)C2C)s1. The Hall–Kier alpha value is -0.520. The summed E-state index contributed by atoms with van der Waals surface area (Å²) in [4.78, 5) is 0. The maximum atomic E-state index is 5.87. The summed E-state index contributed by atoms with van der Waals surface area (Å²) in [5.41, 5.74) is 0. The maximum Gasteiger partial charge on any atom is 0.123 e. The summed E-state index contributed by atoms with van der Waals surface area (Å²) in [7, 11) is 0. The van der Waals surface area contributed by atoms with Crippen LogP contribution in [-0.4, -0.2) is 35.5 Å². The van der Waals surface area contributed by atoms with Gasteiger partial charge in [-0.2, -0.15) is 0 Å². The molecule has 2 heterocycles. The van der Waals surface area contributed by atoms with E-state index in [1.807, 2.05) is 0 Å². The number of rotatable bonds is 5. The van der Waals surface area contributed by atoms with Crippen molar-refractivity contribution in [1.29, 1.82) is 0 Å². The summed E-state index contributed by atoms with van der Waals surface area (Å²) in [5, 5.41) is 14.3. The molecule has 4 nitrogen and oxygen atoms in total. The zero-order chi connectivity index (χ0) is 13.1. The Balaban J connectivity index is 2.01. The van der Waals surface area contributed by atoms with Gasteiger partial charge in [0.2, 0.25) is 0 Å². The van der Waals surface area contributed by atoms with E-state index in [-0.39, 0.29) is 6.10 Å². The van der Waals surface area contributed by atoms with Crippen molar-refractivity contribution in [2.45, 2.75) is 52.2 Å². The van der Waals surface area contributed by atoms with Gasteiger partial charge in [-0.15, -0.1) is 21.5 Å². The third-order valence-electron chi connectivity index (χ3n) is 3.78. The second kappa shape index (κ2) is 6.08. The van der Waals surface area contributed by atoms with Crippen LogP contribution in [0.3, 0.4) is 0 Å². The fourth-order valence-corrected chi connectivity index (χ4v) is 3.72. The molecule has 1 fully saturated rings. The fraction of sp³-hybridized carbons (Fsp3) is 0.846. The second-order valence-corrected chi connectivity index (χ2v) is 6.16. The molecule has 1 aromatic rings. The largest absolute Gasteiger partial charge is 0.375 e. The van der Waals surface area contributed by atoms with Crippen LogP contribution in [0.4, 0.5) is 0 Å². The average molecular weight is 269 g/mol. The van der Waals surface area contributed by atoms with Gasteiger partial charge in [0.05, 0.1) is 12.2 Å². The highest BCUT2D eigenvalue weighted by Crippen LogP contribution is 2.40. The monoisotopic (exact) mass is 269 g/mol. The Labute approximate surface area is 113 Å². The molecule has 0 radical (unpaired) electrons. The van der Waals surface area contributed by atoms with Crippen molar-refractivity contribution in [1.82, 2.24) is 15.5 Å². The first-order valence-electron chi connectivity index (χ1n) is 6.82. The van der Waals surface area contributed by atoms with E-state index in [1.54, 1.807) is 11.3 Å². The normalized spacial score (nSPS) is 32.0. The molecule has 0 aromatic carbocycles.